The Kier molecular flexibility index (Phi) is 6.24. The molecule has 2 aromatic rings. The van der Waals surface area contributed by atoms with Gasteiger partial charge < -0.3 is 28.4 Å². The van der Waals surface area contributed by atoms with Crippen LogP contribution in [-0.2, 0) is 9.59 Å². The standard InChI is InChI=1S/C22H23NO8/c1-26-13-7-11(8-14(27-2)19(13)30-5)17-18(22(25)23-21(17)24)12-9-15(28-3)20(31-6)16(10-12)29-4/h7-10H,1-6H3,(H,23,24,25). The number of hydrogen-bond acceptors (Lipinski definition) is 8. The van der Waals surface area contributed by atoms with Gasteiger partial charge in [-0.05, 0) is 35.4 Å². The molecule has 1 N–H and O–H groups in total. The van der Waals surface area contributed by atoms with Crippen LogP contribution >= 0.6 is 0 Å². The molecule has 0 radical (unpaired) electrons. The number of carbonyl (C=O) groups excluding carboxylic acids is 2. The Morgan fingerprint density at radius 3 is 1.03 bits per heavy atom. The van der Waals surface area contributed by atoms with E-state index in [1.807, 2.05) is 0 Å². The molecule has 31 heavy (non-hydrogen) atoms. The normalized spacial score (nSPS) is 13.1. The molecule has 9 nitrogen and oxygen atoms in total. The van der Waals surface area contributed by atoms with Crippen LogP contribution in [0.2, 0.25) is 0 Å². The summed E-state index contributed by atoms with van der Waals surface area (Å²) < 4.78 is 32.2. The molecule has 1 aliphatic heterocycles. The van der Waals surface area contributed by atoms with Crippen LogP contribution in [0, 0.1) is 0 Å². The summed E-state index contributed by atoms with van der Waals surface area (Å²) in [5.74, 6) is 1.02. The van der Waals surface area contributed by atoms with E-state index < -0.39 is 11.8 Å². The minimum absolute atomic E-state index is 0.151. The summed E-state index contributed by atoms with van der Waals surface area (Å²) in [6.45, 7) is 0. The maximum Gasteiger partial charge on any atom is 0.259 e. The van der Waals surface area contributed by atoms with Gasteiger partial charge in [0, 0.05) is 0 Å². The molecule has 0 saturated carbocycles. The Morgan fingerprint density at radius 1 is 0.516 bits per heavy atom. The average Bonchev–Trinajstić information content (AvgIpc) is 3.10. The SMILES string of the molecule is COc1cc(C2=C(c3cc(OC)c(OC)c(OC)c3)C(=O)NC2=O)cc(OC)c1OC. The van der Waals surface area contributed by atoms with Gasteiger partial charge in [-0.15, -0.1) is 0 Å². The first-order valence-corrected chi connectivity index (χ1v) is 9.14. The largest absolute Gasteiger partial charge is 0.493 e. The number of rotatable bonds is 8. The fourth-order valence-electron chi connectivity index (χ4n) is 3.46. The first-order valence-electron chi connectivity index (χ1n) is 9.14. The molecule has 0 bridgehead atoms. The van der Waals surface area contributed by atoms with E-state index in [4.69, 9.17) is 28.4 Å². The second kappa shape index (κ2) is 8.86. The van der Waals surface area contributed by atoms with Gasteiger partial charge in [-0.1, -0.05) is 0 Å². The first-order chi connectivity index (χ1) is 14.9. The Balaban J connectivity index is 2.32. The molecular formula is C22H23NO8. The number of amides is 2. The average molecular weight is 429 g/mol. The second-order valence-electron chi connectivity index (χ2n) is 6.36. The van der Waals surface area contributed by atoms with Crippen LogP contribution in [0.5, 0.6) is 34.5 Å². The van der Waals surface area contributed by atoms with Gasteiger partial charge >= 0.3 is 0 Å². The minimum Gasteiger partial charge on any atom is -0.493 e. The monoisotopic (exact) mass is 429 g/mol. The van der Waals surface area contributed by atoms with Gasteiger partial charge in [-0.2, -0.15) is 0 Å². The molecule has 0 spiro atoms. The van der Waals surface area contributed by atoms with Crippen molar-refractivity contribution in [3.63, 3.8) is 0 Å². The van der Waals surface area contributed by atoms with Crippen molar-refractivity contribution in [2.45, 2.75) is 0 Å². The Labute approximate surface area is 179 Å². The van der Waals surface area contributed by atoms with Crippen LogP contribution in [0.1, 0.15) is 11.1 Å². The van der Waals surface area contributed by atoms with Crippen LogP contribution in [0.15, 0.2) is 24.3 Å². The lowest BCUT2D eigenvalue weighted by Gasteiger charge is -2.16. The van der Waals surface area contributed by atoms with E-state index in [0.29, 0.717) is 45.6 Å². The van der Waals surface area contributed by atoms with Crippen LogP contribution in [-0.4, -0.2) is 54.5 Å². The van der Waals surface area contributed by atoms with Gasteiger partial charge in [-0.3, -0.25) is 14.9 Å². The van der Waals surface area contributed by atoms with Gasteiger partial charge in [0.15, 0.2) is 23.0 Å². The number of carbonyl (C=O) groups is 2. The summed E-state index contributed by atoms with van der Waals surface area (Å²) >= 11 is 0. The summed E-state index contributed by atoms with van der Waals surface area (Å²) in [7, 11) is 8.83. The van der Waals surface area contributed by atoms with Crippen molar-refractivity contribution in [3.05, 3.63) is 35.4 Å². The summed E-state index contributed by atoms with van der Waals surface area (Å²) in [6.07, 6.45) is 0. The molecule has 3 rings (SSSR count). The molecule has 0 unspecified atom stereocenters. The number of hydrogen-bond donors (Lipinski definition) is 1. The van der Waals surface area contributed by atoms with Gasteiger partial charge in [0.25, 0.3) is 11.8 Å². The molecule has 1 heterocycles. The molecule has 0 aromatic heterocycles. The van der Waals surface area contributed by atoms with E-state index >= 15 is 0 Å². The van der Waals surface area contributed by atoms with Crippen LogP contribution in [0.25, 0.3) is 11.1 Å². The highest BCUT2D eigenvalue weighted by atomic mass is 16.5. The summed E-state index contributed by atoms with van der Waals surface area (Å²) in [5.41, 5.74) is 1.14. The van der Waals surface area contributed by atoms with Gasteiger partial charge in [0.05, 0.1) is 53.8 Å². The Bertz CT molecular complexity index is 940. The third-order valence-corrected chi connectivity index (χ3v) is 4.84. The summed E-state index contributed by atoms with van der Waals surface area (Å²) in [6, 6.07) is 6.42. The zero-order valence-corrected chi connectivity index (χ0v) is 18.1. The van der Waals surface area contributed by atoms with E-state index in [-0.39, 0.29) is 11.1 Å². The number of benzene rings is 2. The van der Waals surface area contributed by atoms with Crippen molar-refractivity contribution in [1.82, 2.24) is 5.32 Å². The smallest absolute Gasteiger partial charge is 0.259 e. The van der Waals surface area contributed by atoms with E-state index in [1.54, 1.807) is 24.3 Å². The summed E-state index contributed by atoms with van der Waals surface area (Å²) in [4.78, 5) is 25.5. The van der Waals surface area contributed by atoms with E-state index in [2.05, 4.69) is 5.32 Å². The molecule has 9 heteroatoms. The molecule has 1 aliphatic rings. The number of methoxy groups -OCH3 is 6. The molecule has 164 valence electrons. The lowest BCUT2D eigenvalue weighted by atomic mass is 9.95. The fraction of sp³-hybridized carbons (Fsp3) is 0.273. The quantitative estimate of drug-likeness (QED) is 0.638. The zero-order valence-electron chi connectivity index (χ0n) is 18.1. The van der Waals surface area contributed by atoms with Crippen molar-refractivity contribution < 1.29 is 38.0 Å². The predicted molar refractivity (Wildman–Crippen MR) is 112 cm³/mol. The van der Waals surface area contributed by atoms with E-state index in [9.17, 15) is 9.59 Å². The van der Waals surface area contributed by atoms with Crippen molar-refractivity contribution >= 4 is 23.0 Å². The van der Waals surface area contributed by atoms with Crippen molar-refractivity contribution in [1.29, 1.82) is 0 Å². The highest BCUT2D eigenvalue weighted by Crippen LogP contribution is 2.45. The van der Waals surface area contributed by atoms with Crippen LogP contribution in [0.4, 0.5) is 0 Å². The zero-order chi connectivity index (χ0) is 22.7. The summed E-state index contributed by atoms with van der Waals surface area (Å²) in [5, 5.41) is 2.34. The van der Waals surface area contributed by atoms with E-state index in [1.165, 1.54) is 42.7 Å². The Morgan fingerprint density at radius 2 is 0.806 bits per heavy atom. The van der Waals surface area contributed by atoms with Gasteiger partial charge in [0.2, 0.25) is 11.5 Å². The van der Waals surface area contributed by atoms with E-state index in [0.717, 1.165) is 0 Å². The van der Waals surface area contributed by atoms with Crippen molar-refractivity contribution in [2.24, 2.45) is 0 Å². The lowest BCUT2D eigenvalue weighted by Crippen LogP contribution is -2.22. The van der Waals surface area contributed by atoms with Gasteiger partial charge in [-0.25, -0.2) is 0 Å². The molecule has 0 fully saturated rings. The fourth-order valence-corrected chi connectivity index (χ4v) is 3.46. The number of ether oxygens (including phenoxy) is 6. The molecule has 0 saturated heterocycles. The third-order valence-electron chi connectivity index (χ3n) is 4.84. The number of nitrogens with one attached hydrogen (secondary N) is 1. The first kappa shape index (κ1) is 21.8. The second-order valence-corrected chi connectivity index (χ2v) is 6.36. The molecule has 2 aromatic carbocycles. The predicted octanol–water partition coefficient (Wildman–Crippen LogP) is 2.31. The van der Waals surface area contributed by atoms with Crippen molar-refractivity contribution in [3.8, 4) is 34.5 Å². The molecule has 0 atom stereocenters. The highest BCUT2D eigenvalue weighted by Gasteiger charge is 2.34. The minimum atomic E-state index is -0.553. The third kappa shape index (κ3) is 3.70. The van der Waals surface area contributed by atoms with Gasteiger partial charge in [0.1, 0.15) is 0 Å². The topological polar surface area (TPSA) is 102 Å². The lowest BCUT2D eigenvalue weighted by molar-refractivity contribution is -0.122. The van der Waals surface area contributed by atoms with Crippen molar-refractivity contribution in [2.75, 3.05) is 42.7 Å². The molecule has 0 aliphatic carbocycles. The van der Waals surface area contributed by atoms with Crippen LogP contribution in [0.3, 0.4) is 0 Å². The maximum atomic E-state index is 12.8. The molecule has 2 amide bonds. The maximum absolute atomic E-state index is 12.8. The molecular weight excluding hydrogens is 406 g/mol. The number of imide groups is 1. The highest BCUT2D eigenvalue weighted by molar-refractivity contribution is 6.49. The Hall–Kier alpha value is -3.88. The van der Waals surface area contributed by atoms with Crippen LogP contribution < -0.4 is 33.7 Å².